The first kappa shape index (κ1) is 8.85. The minimum Gasteiger partial charge on any atom is -0.464 e. The Morgan fingerprint density at radius 2 is 2.33 bits per heavy atom. The first-order chi connectivity index (χ1) is 5.72. The number of halogens is 1. The number of hydrogen-bond acceptors (Lipinski definition) is 2. The van der Waals surface area contributed by atoms with Crippen LogP contribution in [0.5, 0.6) is 0 Å². The van der Waals surface area contributed by atoms with Crippen molar-refractivity contribution in [3.8, 4) is 0 Å². The summed E-state index contributed by atoms with van der Waals surface area (Å²) in [6.45, 7) is 0. The van der Waals surface area contributed by atoms with E-state index in [0.29, 0.717) is 10.6 Å². The largest absolute Gasteiger partial charge is 0.464 e. The number of rotatable bonds is 2. The highest BCUT2D eigenvalue weighted by Crippen LogP contribution is 2.11. The Morgan fingerprint density at radius 3 is 2.92 bits per heavy atom. The van der Waals surface area contributed by atoms with Crippen molar-refractivity contribution in [2.24, 2.45) is 0 Å². The van der Waals surface area contributed by atoms with Crippen molar-refractivity contribution >= 4 is 11.6 Å². The minimum atomic E-state index is -0.253. The molecule has 0 atom stereocenters. The van der Waals surface area contributed by atoms with Gasteiger partial charge in [-0.15, -0.1) is 0 Å². The lowest BCUT2D eigenvalue weighted by atomic mass is 10.2. The van der Waals surface area contributed by atoms with E-state index in [4.69, 9.17) is 16.7 Å². The third-order valence-electron chi connectivity index (χ3n) is 1.27. The number of methoxy groups -OCH3 is 1. The standard InChI is InChI=1S/C9H7ClO2/c1-12-9(11)6-7-3-2-4-8(10)5-7/h2-5H,1H3/p+1. The predicted molar refractivity (Wildman–Crippen MR) is 46.9 cm³/mol. The molecule has 0 heterocycles. The van der Waals surface area contributed by atoms with Gasteiger partial charge in [0.25, 0.3) is 0 Å². The Labute approximate surface area is 76.0 Å². The molecule has 1 aromatic rings. The fourth-order valence-corrected chi connectivity index (χ4v) is 0.931. The van der Waals surface area contributed by atoms with E-state index >= 15 is 0 Å². The fourth-order valence-electron chi connectivity index (χ4n) is 0.741. The lowest BCUT2D eigenvalue weighted by molar-refractivity contribution is 0.134. The van der Waals surface area contributed by atoms with E-state index in [1.54, 1.807) is 24.3 Å². The Kier molecular flexibility index (Phi) is 2.92. The van der Waals surface area contributed by atoms with Crippen molar-refractivity contribution in [3.63, 3.8) is 0 Å². The summed E-state index contributed by atoms with van der Waals surface area (Å²) in [5, 5.41) is 9.54. The van der Waals surface area contributed by atoms with Crippen LogP contribution in [0.2, 0.25) is 5.02 Å². The average Bonchev–Trinajstić information content (AvgIpc) is 2.04. The first-order valence-corrected chi connectivity index (χ1v) is 3.72. The summed E-state index contributed by atoms with van der Waals surface area (Å²) < 4.78 is 4.51. The molecule has 0 saturated carbocycles. The van der Waals surface area contributed by atoms with Gasteiger partial charge in [0.1, 0.15) is 6.08 Å². The first-order valence-electron chi connectivity index (χ1n) is 3.35. The minimum absolute atomic E-state index is 0.253. The molecule has 0 spiro atoms. The van der Waals surface area contributed by atoms with Crippen molar-refractivity contribution in [1.82, 2.24) is 0 Å². The van der Waals surface area contributed by atoms with Crippen LogP contribution in [-0.2, 0) is 4.74 Å². The van der Waals surface area contributed by atoms with Gasteiger partial charge in [0.2, 0.25) is 0 Å². The van der Waals surface area contributed by atoms with E-state index in [-0.39, 0.29) is 5.95 Å². The molecule has 0 amide bonds. The Hall–Kier alpha value is -1.24. The maximum Gasteiger partial charge on any atom is 0.400 e. The molecule has 0 bridgehead atoms. The molecule has 62 valence electrons. The van der Waals surface area contributed by atoms with E-state index in [1.165, 1.54) is 7.11 Å². The second-order valence-corrected chi connectivity index (χ2v) is 2.58. The number of benzene rings is 1. The molecule has 2 nitrogen and oxygen atoms in total. The van der Waals surface area contributed by atoms with E-state index in [1.807, 2.05) is 0 Å². The smallest absolute Gasteiger partial charge is 0.400 e. The van der Waals surface area contributed by atoms with Crippen LogP contribution < -0.4 is 0 Å². The third-order valence-corrected chi connectivity index (χ3v) is 1.50. The molecule has 3 heteroatoms. The van der Waals surface area contributed by atoms with Crippen molar-refractivity contribution in [1.29, 1.82) is 0 Å². The van der Waals surface area contributed by atoms with Crippen LogP contribution in [0.15, 0.2) is 30.2 Å². The molecular weight excluding hydrogens is 176 g/mol. The summed E-state index contributed by atoms with van der Waals surface area (Å²) >= 11 is 5.70. The SMILES string of the molecule is COC(O)=[C+]c1cccc(Cl)c1. The van der Waals surface area contributed by atoms with Crippen LogP contribution in [0.4, 0.5) is 0 Å². The van der Waals surface area contributed by atoms with Gasteiger partial charge in [-0.1, -0.05) is 11.6 Å². The highest BCUT2D eigenvalue weighted by atomic mass is 35.5. The van der Waals surface area contributed by atoms with Crippen molar-refractivity contribution < 1.29 is 9.84 Å². The molecule has 1 aromatic carbocycles. The Bertz CT molecular complexity index is 294. The van der Waals surface area contributed by atoms with Gasteiger partial charge in [0.05, 0.1) is 24.3 Å². The second kappa shape index (κ2) is 3.96. The van der Waals surface area contributed by atoms with Gasteiger partial charge in [0.15, 0.2) is 5.56 Å². The van der Waals surface area contributed by atoms with Gasteiger partial charge in [0, 0.05) is 0 Å². The highest BCUT2D eigenvalue weighted by molar-refractivity contribution is 6.30. The van der Waals surface area contributed by atoms with Crippen LogP contribution in [0, 0.1) is 6.08 Å². The average molecular weight is 184 g/mol. The number of ether oxygens (including phenoxy) is 1. The lowest BCUT2D eigenvalue weighted by Crippen LogP contribution is -1.85. The molecule has 1 rings (SSSR count). The van der Waals surface area contributed by atoms with Gasteiger partial charge >= 0.3 is 5.95 Å². The van der Waals surface area contributed by atoms with Crippen molar-refractivity contribution in [2.45, 2.75) is 0 Å². The third kappa shape index (κ3) is 2.42. The Balaban J connectivity index is 2.89. The van der Waals surface area contributed by atoms with Gasteiger partial charge in [-0.2, -0.15) is 0 Å². The zero-order valence-electron chi connectivity index (χ0n) is 6.54. The molecule has 0 radical (unpaired) electrons. The monoisotopic (exact) mass is 183 g/mol. The fraction of sp³-hybridized carbons (Fsp3) is 0.111. The van der Waals surface area contributed by atoms with Crippen LogP contribution in [0.25, 0.3) is 0 Å². The molecule has 0 aromatic heterocycles. The summed E-state index contributed by atoms with van der Waals surface area (Å²) in [7, 11) is 1.37. The molecule has 0 aliphatic heterocycles. The van der Waals surface area contributed by atoms with Crippen molar-refractivity contribution in [3.05, 3.63) is 46.9 Å². The topological polar surface area (TPSA) is 29.5 Å². The summed E-state index contributed by atoms with van der Waals surface area (Å²) in [4.78, 5) is 0. The molecule has 0 aliphatic carbocycles. The zero-order valence-corrected chi connectivity index (χ0v) is 7.30. The molecule has 0 unspecified atom stereocenters. The number of hydrogen-bond donors (Lipinski definition) is 1. The molecule has 0 saturated heterocycles. The van der Waals surface area contributed by atoms with Crippen LogP contribution in [0.1, 0.15) is 5.56 Å². The van der Waals surface area contributed by atoms with E-state index in [0.717, 1.165) is 0 Å². The van der Waals surface area contributed by atoms with E-state index < -0.39 is 0 Å². The molecule has 12 heavy (non-hydrogen) atoms. The van der Waals surface area contributed by atoms with Crippen molar-refractivity contribution in [2.75, 3.05) is 7.11 Å². The molecule has 0 fully saturated rings. The Morgan fingerprint density at radius 1 is 1.58 bits per heavy atom. The highest BCUT2D eigenvalue weighted by Gasteiger charge is 2.04. The van der Waals surface area contributed by atoms with E-state index in [2.05, 4.69) is 10.8 Å². The molecule has 1 N–H and O–H groups in total. The van der Waals surface area contributed by atoms with Gasteiger partial charge in [-0.25, -0.2) is 0 Å². The van der Waals surface area contributed by atoms with Gasteiger partial charge in [-0.3, -0.25) is 0 Å². The summed E-state index contributed by atoms with van der Waals surface area (Å²) in [6.07, 6.45) is 2.60. The molecule has 0 aliphatic rings. The number of aliphatic hydroxyl groups excluding tert-OH is 1. The summed E-state index contributed by atoms with van der Waals surface area (Å²) in [6, 6.07) is 6.96. The van der Waals surface area contributed by atoms with Crippen LogP contribution in [-0.4, -0.2) is 12.2 Å². The summed E-state index contributed by atoms with van der Waals surface area (Å²) in [5.74, 6) is -0.253. The number of aliphatic hydroxyl groups is 1. The van der Waals surface area contributed by atoms with Crippen LogP contribution in [0.3, 0.4) is 0 Å². The normalized spacial score (nSPS) is 10.7. The second-order valence-electron chi connectivity index (χ2n) is 2.14. The van der Waals surface area contributed by atoms with Gasteiger partial charge in [-0.05, 0) is 12.1 Å². The maximum absolute atomic E-state index is 8.94. The maximum atomic E-state index is 8.94. The predicted octanol–water partition coefficient (Wildman–Crippen LogP) is 2.54. The summed E-state index contributed by atoms with van der Waals surface area (Å²) in [5.41, 5.74) is 0.682. The van der Waals surface area contributed by atoms with E-state index in [9.17, 15) is 0 Å². The zero-order chi connectivity index (χ0) is 8.97. The van der Waals surface area contributed by atoms with Crippen LogP contribution >= 0.6 is 11.6 Å². The lowest BCUT2D eigenvalue weighted by Gasteiger charge is -1.88. The molecular formula is C9H8ClO2+. The quantitative estimate of drug-likeness (QED) is 0.564. The van der Waals surface area contributed by atoms with Gasteiger partial charge < -0.3 is 9.84 Å².